The van der Waals surface area contributed by atoms with Gasteiger partial charge in [0.25, 0.3) is 0 Å². The van der Waals surface area contributed by atoms with Crippen molar-refractivity contribution in [2.45, 2.75) is 44.1 Å². The third-order valence-electron chi connectivity index (χ3n) is 4.41. The number of para-hydroxylation sites is 1. The third kappa shape index (κ3) is 2.88. The van der Waals surface area contributed by atoms with Crippen molar-refractivity contribution in [2.75, 3.05) is 5.75 Å². The summed E-state index contributed by atoms with van der Waals surface area (Å²) in [5.74, 6) is 3.48. The summed E-state index contributed by atoms with van der Waals surface area (Å²) < 4.78 is 5.95. The Morgan fingerprint density at radius 2 is 1.85 bits per heavy atom. The Morgan fingerprint density at radius 3 is 2.60 bits per heavy atom. The van der Waals surface area contributed by atoms with Crippen molar-refractivity contribution in [1.29, 1.82) is 0 Å². The Kier molecular flexibility index (Phi) is 4.06. The van der Waals surface area contributed by atoms with Gasteiger partial charge in [0.1, 0.15) is 5.75 Å². The number of rotatable bonds is 2. The van der Waals surface area contributed by atoms with Crippen LogP contribution in [-0.2, 0) is 4.79 Å². The zero-order chi connectivity index (χ0) is 14.1. The molecular weight excluding hydrogens is 268 g/mol. The number of hydrogen-bond acceptors (Lipinski definition) is 3. The molecule has 20 heavy (non-hydrogen) atoms. The summed E-state index contributed by atoms with van der Waals surface area (Å²) in [5.41, 5.74) is 0. The van der Waals surface area contributed by atoms with Crippen LogP contribution in [0, 0.1) is 17.8 Å². The fraction of sp³-hybridized carbons (Fsp3) is 0.588. The summed E-state index contributed by atoms with van der Waals surface area (Å²) in [6, 6.07) is 8.01. The fourth-order valence-corrected chi connectivity index (χ4v) is 4.60. The monoisotopic (exact) mass is 290 g/mol. The first-order valence-corrected chi connectivity index (χ1v) is 8.54. The molecule has 2 nitrogen and oxygen atoms in total. The molecule has 0 N–H and O–H groups in total. The van der Waals surface area contributed by atoms with Crippen molar-refractivity contribution < 1.29 is 9.53 Å². The van der Waals surface area contributed by atoms with Crippen molar-refractivity contribution in [3.63, 3.8) is 0 Å². The molecule has 3 heteroatoms. The van der Waals surface area contributed by atoms with Crippen LogP contribution in [0.4, 0.5) is 0 Å². The van der Waals surface area contributed by atoms with Crippen molar-refractivity contribution >= 4 is 17.5 Å². The predicted molar refractivity (Wildman–Crippen MR) is 82.3 cm³/mol. The van der Waals surface area contributed by atoms with E-state index in [9.17, 15) is 4.79 Å². The van der Waals surface area contributed by atoms with E-state index >= 15 is 0 Å². The molecule has 0 bridgehead atoms. The lowest BCUT2D eigenvalue weighted by Crippen LogP contribution is -2.39. The smallest absolute Gasteiger partial charge is 0.177 e. The normalized spacial score (nSPS) is 33.1. The Balaban J connectivity index is 1.69. The van der Waals surface area contributed by atoms with Gasteiger partial charge in [0.05, 0.1) is 0 Å². The topological polar surface area (TPSA) is 26.3 Å². The van der Waals surface area contributed by atoms with Gasteiger partial charge in [-0.15, -0.1) is 11.8 Å². The van der Waals surface area contributed by atoms with Gasteiger partial charge in [0.2, 0.25) is 0 Å². The molecule has 1 saturated carbocycles. The van der Waals surface area contributed by atoms with Crippen LogP contribution in [0.15, 0.2) is 29.2 Å². The molecule has 3 unspecified atom stereocenters. The second-order valence-corrected chi connectivity index (χ2v) is 7.44. The van der Waals surface area contributed by atoms with E-state index in [0.29, 0.717) is 17.6 Å². The van der Waals surface area contributed by atoms with E-state index in [1.807, 2.05) is 18.2 Å². The number of Topliss-reactive ketones (excluding diaryl/α,β-unsaturated/α-hetero) is 1. The van der Waals surface area contributed by atoms with Crippen molar-refractivity contribution in [3.05, 3.63) is 24.3 Å². The lowest BCUT2D eigenvalue weighted by Gasteiger charge is -2.33. The van der Waals surface area contributed by atoms with E-state index in [4.69, 9.17) is 4.74 Å². The summed E-state index contributed by atoms with van der Waals surface area (Å²) in [4.78, 5) is 13.9. The lowest BCUT2D eigenvalue weighted by atomic mass is 9.74. The summed E-state index contributed by atoms with van der Waals surface area (Å²) in [7, 11) is 0. The first-order chi connectivity index (χ1) is 9.63. The number of benzene rings is 1. The Morgan fingerprint density at radius 1 is 1.15 bits per heavy atom. The number of hydrogen-bond donors (Lipinski definition) is 0. The molecule has 3 rings (SSSR count). The van der Waals surface area contributed by atoms with Crippen LogP contribution in [0.2, 0.25) is 0 Å². The van der Waals surface area contributed by atoms with Gasteiger partial charge < -0.3 is 4.74 Å². The van der Waals surface area contributed by atoms with Gasteiger partial charge in [0, 0.05) is 16.6 Å². The standard InChI is InChI=1S/C17H22O2S/c1-11-7-12(2)9-13(8-11)17(18)15-10-20-16-6-4-3-5-14(16)19-15/h3-6,11-13,15H,7-10H2,1-2H3. The summed E-state index contributed by atoms with van der Waals surface area (Å²) in [6.07, 6.45) is 3.08. The molecule has 0 amide bonds. The molecule has 108 valence electrons. The molecule has 3 atom stereocenters. The highest BCUT2D eigenvalue weighted by atomic mass is 32.2. The molecule has 1 heterocycles. The zero-order valence-electron chi connectivity index (χ0n) is 12.2. The SMILES string of the molecule is CC1CC(C)CC(C(=O)C2CSc3ccccc3O2)C1. The minimum absolute atomic E-state index is 0.199. The molecule has 0 aromatic heterocycles. The van der Waals surface area contributed by atoms with Crippen LogP contribution in [0.1, 0.15) is 33.1 Å². The largest absolute Gasteiger partial charge is 0.481 e. The van der Waals surface area contributed by atoms with Gasteiger partial charge in [0.15, 0.2) is 11.9 Å². The highest BCUT2D eigenvalue weighted by molar-refractivity contribution is 7.99. The van der Waals surface area contributed by atoms with Gasteiger partial charge in [-0.25, -0.2) is 0 Å². The van der Waals surface area contributed by atoms with Gasteiger partial charge in [-0.05, 0) is 43.2 Å². The van der Waals surface area contributed by atoms with Crippen molar-refractivity contribution in [1.82, 2.24) is 0 Å². The van der Waals surface area contributed by atoms with Crippen LogP contribution in [0.25, 0.3) is 0 Å². The van der Waals surface area contributed by atoms with E-state index < -0.39 is 0 Å². The summed E-state index contributed by atoms with van der Waals surface area (Å²) in [5, 5.41) is 0. The van der Waals surface area contributed by atoms with E-state index in [0.717, 1.165) is 29.2 Å². The molecule has 1 aromatic carbocycles. The van der Waals surface area contributed by atoms with Crippen LogP contribution in [-0.4, -0.2) is 17.6 Å². The molecule has 0 saturated heterocycles. The molecule has 1 aliphatic carbocycles. The second-order valence-electron chi connectivity index (χ2n) is 6.38. The number of thioether (sulfide) groups is 1. The van der Waals surface area contributed by atoms with Gasteiger partial charge in [-0.3, -0.25) is 4.79 Å². The zero-order valence-corrected chi connectivity index (χ0v) is 13.0. The number of ketones is 1. The molecule has 1 aromatic rings. The third-order valence-corrected chi connectivity index (χ3v) is 5.52. The average molecular weight is 290 g/mol. The minimum atomic E-state index is -0.252. The summed E-state index contributed by atoms with van der Waals surface area (Å²) >= 11 is 1.74. The van der Waals surface area contributed by atoms with Crippen LogP contribution in [0.5, 0.6) is 5.75 Å². The molecule has 1 fully saturated rings. The Hall–Kier alpha value is -0.960. The number of carbonyl (C=O) groups excluding carboxylic acids is 1. The van der Waals surface area contributed by atoms with Crippen molar-refractivity contribution in [2.24, 2.45) is 17.8 Å². The van der Waals surface area contributed by atoms with Gasteiger partial charge in [-0.1, -0.05) is 26.0 Å². The van der Waals surface area contributed by atoms with E-state index in [2.05, 4.69) is 19.9 Å². The first kappa shape index (κ1) is 14.0. The first-order valence-electron chi connectivity index (χ1n) is 7.55. The number of carbonyl (C=O) groups is 1. The molecular formula is C17H22O2S. The van der Waals surface area contributed by atoms with Gasteiger partial charge >= 0.3 is 0 Å². The van der Waals surface area contributed by atoms with Crippen LogP contribution in [0.3, 0.4) is 0 Å². The average Bonchev–Trinajstić information content (AvgIpc) is 2.45. The molecule has 1 aliphatic heterocycles. The number of fused-ring (bicyclic) bond motifs is 1. The number of ether oxygens (including phenoxy) is 1. The van der Waals surface area contributed by atoms with Crippen molar-refractivity contribution in [3.8, 4) is 5.75 Å². The van der Waals surface area contributed by atoms with Gasteiger partial charge in [-0.2, -0.15) is 0 Å². The molecule has 0 radical (unpaired) electrons. The van der Waals surface area contributed by atoms with E-state index in [-0.39, 0.29) is 12.0 Å². The second kappa shape index (κ2) is 5.80. The molecule has 2 aliphatic rings. The Labute approximate surface area is 125 Å². The van der Waals surface area contributed by atoms with Crippen LogP contribution < -0.4 is 4.74 Å². The van der Waals surface area contributed by atoms with E-state index in [1.54, 1.807) is 11.8 Å². The molecule has 0 spiro atoms. The Bertz CT molecular complexity index is 490. The maximum atomic E-state index is 12.7. The minimum Gasteiger partial charge on any atom is -0.481 e. The quantitative estimate of drug-likeness (QED) is 0.817. The highest BCUT2D eigenvalue weighted by Gasteiger charge is 2.35. The fourth-order valence-electron chi connectivity index (χ4n) is 3.60. The predicted octanol–water partition coefficient (Wildman–Crippen LogP) is 4.18. The van der Waals surface area contributed by atoms with Crippen LogP contribution >= 0.6 is 11.8 Å². The van der Waals surface area contributed by atoms with E-state index in [1.165, 1.54) is 6.42 Å². The lowest BCUT2D eigenvalue weighted by molar-refractivity contribution is -0.131. The summed E-state index contributed by atoms with van der Waals surface area (Å²) in [6.45, 7) is 4.53. The maximum absolute atomic E-state index is 12.7. The highest BCUT2D eigenvalue weighted by Crippen LogP contribution is 2.38. The maximum Gasteiger partial charge on any atom is 0.177 e.